The third kappa shape index (κ3) is 8.57. The fourth-order valence-electron chi connectivity index (χ4n) is 6.42. The maximum Gasteiger partial charge on any atom is 0.0668 e. The predicted octanol–water partition coefficient (Wildman–Crippen LogP) is 11.5. The van der Waals surface area contributed by atoms with Crippen LogP contribution >= 0.6 is 0 Å². The van der Waals surface area contributed by atoms with Gasteiger partial charge in [0.25, 0.3) is 0 Å². The molecule has 0 unspecified atom stereocenters. The minimum atomic E-state index is 0. The molecule has 54 heavy (non-hydrogen) atoms. The van der Waals surface area contributed by atoms with E-state index in [4.69, 9.17) is 4.98 Å². The first-order valence-electron chi connectivity index (χ1n) is 17.2. The van der Waals surface area contributed by atoms with E-state index in [1.807, 2.05) is 79.0 Å². The van der Waals surface area contributed by atoms with Crippen LogP contribution < -0.4 is 0 Å². The third-order valence-electron chi connectivity index (χ3n) is 9.09. The molecule has 0 saturated heterocycles. The predicted molar refractivity (Wildman–Crippen MR) is 216 cm³/mol. The van der Waals surface area contributed by atoms with E-state index < -0.39 is 0 Å². The van der Waals surface area contributed by atoms with Gasteiger partial charge in [0, 0.05) is 73.1 Å². The van der Waals surface area contributed by atoms with Gasteiger partial charge < -0.3 is 20.6 Å². The first-order valence-corrected chi connectivity index (χ1v) is 17.2. The molecule has 9 aromatic rings. The molecular formula is C48H35BIrN3Y-4. The monoisotopic (exact) mass is 946 g/mol. The van der Waals surface area contributed by atoms with E-state index in [-0.39, 0.29) is 66.6 Å². The summed E-state index contributed by atoms with van der Waals surface area (Å²) < 4.78 is 2.18. The summed E-state index contributed by atoms with van der Waals surface area (Å²) in [6, 6.07) is 65.5. The van der Waals surface area contributed by atoms with Gasteiger partial charge in [-0.05, 0) is 63.6 Å². The number of hydrogen-bond acceptors (Lipinski definition) is 2. The Labute approximate surface area is 358 Å². The molecule has 0 aliphatic carbocycles. The van der Waals surface area contributed by atoms with Crippen molar-refractivity contribution in [3.8, 4) is 39.5 Å². The molecule has 0 amide bonds. The van der Waals surface area contributed by atoms with E-state index >= 15 is 0 Å². The second-order valence-electron chi connectivity index (χ2n) is 13.6. The number of aromatic nitrogens is 3. The molecule has 2 aromatic heterocycles. The van der Waals surface area contributed by atoms with Crippen LogP contribution in [0.5, 0.6) is 0 Å². The Morgan fingerprint density at radius 3 is 2.15 bits per heavy atom. The fraction of sp³-hybridized carbons (Fsp3) is 0.0833. The number of nitrogens with zero attached hydrogens (tertiary/aromatic N) is 3. The normalized spacial score (nSPS) is 10.8. The summed E-state index contributed by atoms with van der Waals surface area (Å²) in [6.07, 6.45) is 1.87. The zero-order valence-electron chi connectivity index (χ0n) is 30.3. The van der Waals surface area contributed by atoms with Crippen LogP contribution in [0.4, 0.5) is 0 Å². The number of imidazole rings is 1. The molecule has 261 valence electrons. The van der Waals surface area contributed by atoms with E-state index in [9.17, 15) is 0 Å². The summed E-state index contributed by atoms with van der Waals surface area (Å²) >= 11 is 0. The molecule has 0 N–H and O–H groups in total. The van der Waals surface area contributed by atoms with Gasteiger partial charge in [-0.25, -0.2) is 6.07 Å². The van der Waals surface area contributed by atoms with Gasteiger partial charge in [-0.2, -0.15) is 5.56 Å². The van der Waals surface area contributed by atoms with Crippen molar-refractivity contribution < 1.29 is 52.8 Å². The zero-order valence-corrected chi connectivity index (χ0v) is 35.6. The Balaban J connectivity index is 0.000000252. The first-order chi connectivity index (χ1) is 24.9. The van der Waals surface area contributed by atoms with Crippen molar-refractivity contribution in [1.29, 1.82) is 0 Å². The minimum absolute atomic E-state index is 0. The van der Waals surface area contributed by atoms with Crippen LogP contribution in [0.2, 0.25) is 0 Å². The van der Waals surface area contributed by atoms with Gasteiger partial charge in [-0.15, -0.1) is 65.5 Å². The average molecular weight is 946 g/mol. The maximum atomic E-state index is 4.97. The molecule has 7 aromatic carbocycles. The molecule has 0 bridgehead atoms. The maximum absolute atomic E-state index is 4.97. The standard InChI is InChI=1S/C33H19N2.C15H16N.B.Ir.Y/c1-2-12-28(13-3-1)35-32-16-7-6-15-31(32)34-33(35)27-11-8-10-24(22-27)25-19-20-30-26(21-25)18-17-23-9-4-5-14-29(23)30;1-15(2,3)13-9-10-16-14(11-13)12-7-5-4-6-8-12;;;/h1-10,12-20H;4-7,9-11H,1-3H3;;;/q-3;-1;;;. The van der Waals surface area contributed by atoms with E-state index in [1.165, 1.54) is 21.7 Å². The van der Waals surface area contributed by atoms with Crippen LogP contribution in [-0.4, -0.2) is 22.9 Å². The molecule has 9 rings (SSSR count). The summed E-state index contributed by atoms with van der Waals surface area (Å²) in [5.41, 5.74) is 9.38. The second-order valence-corrected chi connectivity index (χ2v) is 13.6. The largest absolute Gasteiger partial charge is 0.374 e. The molecule has 0 spiro atoms. The van der Waals surface area contributed by atoms with E-state index in [1.54, 1.807) is 0 Å². The van der Waals surface area contributed by atoms with Crippen molar-refractivity contribution in [2.75, 3.05) is 0 Å². The second kappa shape index (κ2) is 17.8. The van der Waals surface area contributed by atoms with Crippen molar-refractivity contribution in [1.82, 2.24) is 14.5 Å². The van der Waals surface area contributed by atoms with E-state index in [2.05, 4.69) is 133 Å². The molecule has 0 saturated carbocycles. The molecule has 6 heteroatoms. The Morgan fingerprint density at radius 2 is 1.35 bits per heavy atom. The van der Waals surface area contributed by atoms with Crippen molar-refractivity contribution in [2.45, 2.75) is 26.2 Å². The van der Waals surface area contributed by atoms with Crippen LogP contribution in [0.1, 0.15) is 26.3 Å². The minimum Gasteiger partial charge on any atom is -0.374 e. The molecule has 0 aliphatic heterocycles. The van der Waals surface area contributed by atoms with Crippen LogP contribution in [0.3, 0.4) is 0 Å². The van der Waals surface area contributed by atoms with Crippen LogP contribution in [0.25, 0.3) is 72.0 Å². The number of pyridine rings is 1. The van der Waals surface area contributed by atoms with E-state index in [0.717, 1.165) is 55.9 Å². The van der Waals surface area contributed by atoms with Crippen LogP contribution in [0, 0.1) is 24.3 Å². The molecular weight excluding hydrogens is 910 g/mol. The number of para-hydroxylation sites is 3. The molecule has 5 radical (unpaired) electrons. The van der Waals surface area contributed by atoms with Crippen molar-refractivity contribution in [2.24, 2.45) is 0 Å². The summed E-state index contributed by atoms with van der Waals surface area (Å²) in [7, 11) is 0. The van der Waals surface area contributed by atoms with Crippen molar-refractivity contribution in [3.63, 3.8) is 0 Å². The SMILES string of the molecule is CC(C)(C)c1ccnc(-c2[c-]cccc2)c1.[B].[Ir].[Y].[c-]1ccc(-c2[c-]c3ccc4ccccc4c3cc2)[c-]c1-c1nc2ccccc2n1-c1ccccc1. The van der Waals surface area contributed by atoms with Crippen molar-refractivity contribution in [3.05, 3.63) is 188 Å². The molecule has 2 heterocycles. The number of fused-ring (bicyclic) bond motifs is 4. The summed E-state index contributed by atoms with van der Waals surface area (Å²) in [6.45, 7) is 6.63. The van der Waals surface area contributed by atoms with Gasteiger partial charge in [0.2, 0.25) is 0 Å². The Hall–Kier alpha value is -4.50. The van der Waals surface area contributed by atoms with Gasteiger partial charge >= 0.3 is 0 Å². The third-order valence-corrected chi connectivity index (χ3v) is 9.09. The van der Waals surface area contributed by atoms with Crippen LogP contribution in [-0.2, 0) is 58.2 Å². The molecule has 3 nitrogen and oxygen atoms in total. The molecule has 0 atom stereocenters. The summed E-state index contributed by atoms with van der Waals surface area (Å²) in [4.78, 5) is 9.36. The Morgan fingerprint density at radius 1 is 0.611 bits per heavy atom. The van der Waals surface area contributed by atoms with Gasteiger partial charge in [0.15, 0.2) is 0 Å². The van der Waals surface area contributed by atoms with Gasteiger partial charge in [-0.3, -0.25) is 23.3 Å². The summed E-state index contributed by atoms with van der Waals surface area (Å²) in [5.74, 6) is 0.825. The smallest absolute Gasteiger partial charge is 0.0668 e. The number of hydrogen-bond donors (Lipinski definition) is 0. The molecule has 0 aliphatic rings. The van der Waals surface area contributed by atoms with Gasteiger partial charge in [0.05, 0.1) is 11.0 Å². The summed E-state index contributed by atoms with van der Waals surface area (Å²) in [5, 5.41) is 4.79. The molecule has 0 fully saturated rings. The van der Waals surface area contributed by atoms with E-state index in [0.29, 0.717) is 0 Å². The van der Waals surface area contributed by atoms with Crippen LogP contribution in [0.15, 0.2) is 158 Å². The quantitative estimate of drug-likeness (QED) is 0.1000. The Kier molecular flexibility index (Phi) is 13.4. The number of benzene rings is 7. The first kappa shape index (κ1) is 40.7. The van der Waals surface area contributed by atoms with Gasteiger partial charge in [0.1, 0.15) is 0 Å². The van der Waals surface area contributed by atoms with Gasteiger partial charge in [-0.1, -0.05) is 92.9 Å². The number of rotatable bonds is 4. The average Bonchev–Trinajstić information content (AvgIpc) is 3.58. The fourth-order valence-corrected chi connectivity index (χ4v) is 6.42. The van der Waals surface area contributed by atoms with Crippen molar-refractivity contribution >= 4 is 41.0 Å². The topological polar surface area (TPSA) is 30.7 Å². The Bertz CT molecular complexity index is 2630. The zero-order chi connectivity index (χ0) is 34.8.